The fourth-order valence-corrected chi connectivity index (χ4v) is 2.30. The quantitative estimate of drug-likeness (QED) is 0.542. The molecule has 1 aliphatic carbocycles. The van der Waals surface area contributed by atoms with Crippen molar-refractivity contribution in [1.82, 2.24) is 0 Å². The van der Waals surface area contributed by atoms with Gasteiger partial charge in [0, 0.05) is 17.9 Å². The molecule has 0 amide bonds. The maximum atomic E-state index is 9.57. The van der Waals surface area contributed by atoms with Gasteiger partial charge in [-0.2, -0.15) is 0 Å². The molecule has 0 aromatic heterocycles. The lowest BCUT2D eigenvalue weighted by Gasteiger charge is -2.51. The SMILES string of the molecule is CC1(C)C(O)C2CCOC21. The molecular formula is C8H14O2. The Morgan fingerprint density at radius 3 is 2.80 bits per heavy atom. The van der Waals surface area contributed by atoms with Gasteiger partial charge in [0.1, 0.15) is 0 Å². The fraction of sp³-hybridized carbons (Fsp3) is 1.00. The smallest absolute Gasteiger partial charge is 0.0704 e. The molecule has 0 aromatic rings. The zero-order chi connectivity index (χ0) is 7.35. The summed E-state index contributed by atoms with van der Waals surface area (Å²) in [4.78, 5) is 0. The maximum Gasteiger partial charge on any atom is 0.0704 e. The molecule has 2 heteroatoms. The highest BCUT2D eigenvalue weighted by molar-refractivity contribution is 5.07. The van der Waals surface area contributed by atoms with Gasteiger partial charge in [0.2, 0.25) is 0 Å². The molecule has 0 radical (unpaired) electrons. The highest BCUT2D eigenvalue weighted by atomic mass is 16.5. The lowest BCUT2D eigenvalue weighted by atomic mass is 9.59. The van der Waals surface area contributed by atoms with Gasteiger partial charge in [0.05, 0.1) is 12.2 Å². The van der Waals surface area contributed by atoms with Crippen LogP contribution >= 0.6 is 0 Å². The molecule has 2 rings (SSSR count). The van der Waals surface area contributed by atoms with Crippen LogP contribution in [-0.4, -0.2) is 23.9 Å². The maximum absolute atomic E-state index is 9.57. The average molecular weight is 142 g/mol. The Hall–Kier alpha value is -0.0800. The molecule has 1 N–H and O–H groups in total. The van der Waals surface area contributed by atoms with Gasteiger partial charge < -0.3 is 9.84 Å². The van der Waals surface area contributed by atoms with Gasteiger partial charge in [0.15, 0.2) is 0 Å². The third-order valence-electron chi connectivity index (χ3n) is 3.04. The molecule has 2 nitrogen and oxygen atoms in total. The van der Waals surface area contributed by atoms with Gasteiger partial charge >= 0.3 is 0 Å². The van der Waals surface area contributed by atoms with Crippen molar-refractivity contribution in [3.8, 4) is 0 Å². The summed E-state index contributed by atoms with van der Waals surface area (Å²) >= 11 is 0. The van der Waals surface area contributed by atoms with E-state index < -0.39 is 0 Å². The van der Waals surface area contributed by atoms with E-state index in [0.717, 1.165) is 13.0 Å². The van der Waals surface area contributed by atoms with Crippen molar-refractivity contribution in [1.29, 1.82) is 0 Å². The van der Waals surface area contributed by atoms with Crippen molar-refractivity contribution in [2.24, 2.45) is 11.3 Å². The minimum Gasteiger partial charge on any atom is -0.392 e. The van der Waals surface area contributed by atoms with Crippen LogP contribution in [0.15, 0.2) is 0 Å². The van der Waals surface area contributed by atoms with Crippen LogP contribution in [0.4, 0.5) is 0 Å². The van der Waals surface area contributed by atoms with Crippen molar-refractivity contribution in [2.75, 3.05) is 6.61 Å². The molecule has 58 valence electrons. The van der Waals surface area contributed by atoms with E-state index in [0.29, 0.717) is 12.0 Å². The van der Waals surface area contributed by atoms with Crippen molar-refractivity contribution < 1.29 is 9.84 Å². The van der Waals surface area contributed by atoms with Crippen molar-refractivity contribution in [3.05, 3.63) is 0 Å². The van der Waals surface area contributed by atoms with Crippen molar-refractivity contribution in [3.63, 3.8) is 0 Å². The van der Waals surface area contributed by atoms with E-state index in [2.05, 4.69) is 13.8 Å². The number of hydrogen-bond donors (Lipinski definition) is 1. The molecule has 10 heavy (non-hydrogen) atoms. The Morgan fingerprint density at radius 1 is 1.50 bits per heavy atom. The molecule has 3 atom stereocenters. The van der Waals surface area contributed by atoms with Crippen LogP contribution < -0.4 is 0 Å². The third-order valence-corrected chi connectivity index (χ3v) is 3.04. The first-order valence-electron chi connectivity index (χ1n) is 3.93. The predicted molar refractivity (Wildman–Crippen MR) is 37.6 cm³/mol. The average Bonchev–Trinajstić information content (AvgIpc) is 2.31. The Bertz CT molecular complexity index is 153. The Morgan fingerprint density at radius 2 is 2.20 bits per heavy atom. The lowest BCUT2D eigenvalue weighted by molar-refractivity contribution is -0.181. The molecule has 1 heterocycles. The summed E-state index contributed by atoms with van der Waals surface area (Å²) in [5.74, 6) is 0.440. The molecule has 0 spiro atoms. The second kappa shape index (κ2) is 1.74. The van der Waals surface area contributed by atoms with Crippen LogP contribution in [0.3, 0.4) is 0 Å². The zero-order valence-electron chi connectivity index (χ0n) is 6.50. The molecule has 2 aliphatic rings. The first-order chi connectivity index (χ1) is 4.64. The van der Waals surface area contributed by atoms with E-state index in [1.165, 1.54) is 0 Å². The Kier molecular flexibility index (Phi) is 1.15. The molecule has 3 unspecified atom stereocenters. The first-order valence-corrected chi connectivity index (χ1v) is 3.93. The number of aliphatic hydroxyl groups excluding tert-OH is 1. The van der Waals surface area contributed by atoms with E-state index in [4.69, 9.17) is 4.74 Å². The van der Waals surface area contributed by atoms with Gasteiger partial charge in [0.25, 0.3) is 0 Å². The van der Waals surface area contributed by atoms with Crippen molar-refractivity contribution >= 4 is 0 Å². The summed E-state index contributed by atoms with van der Waals surface area (Å²) < 4.78 is 5.48. The van der Waals surface area contributed by atoms with E-state index in [9.17, 15) is 5.11 Å². The number of rotatable bonds is 0. The Labute approximate surface area is 61.2 Å². The van der Waals surface area contributed by atoms with E-state index in [1.807, 2.05) is 0 Å². The van der Waals surface area contributed by atoms with Crippen LogP contribution in [0, 0.1) is 11.3 Å². The highest BCUT2D eigenvalue weighted by Gasteiger charge is 2.58. The second-order valence-electron chi connectivity index (χ2n) is 4.01. The number of ether oxygens (including phenoxy) is 1. The van der Waals surface area contributed by atoms with Gasteiger partial charge in [-0.25, -0.2) is 0 Å². The van der Waals surface area contributed by atoms with E-state index >= 15 is 0 Å². The largest absolute Gasteiger partial charge is 0.392 e. The number of fused-ring (bicyclic) bond motifs is 1. The minimum absolute atomic E-state index is 0.0150. The third kappa shape index (κ3) is 0.565. The van der Waals surface area contributed by atoms with Crippen molar-refractivity contribution in [2.45, 2.75) is 32.5 Å². The van der Waals surface area contributed by atoms with E-state index in [-0.39, 0.29) is 11.5 Å². The molecule has 2 fully saturated rings. The zero-order valence-corrected chi connectivity index (χ0v) is 6.50. The fourth-order valence-electron chi connectivity index (χ4n) is 2.30. The number of aliphatic hydroxyl groups is 1. The van der Waals surface area contributed by atoms with Crippen LogP contribution in [-0.2, 0) is 4.74 Å². The van der Waals surface area contributed by atoms with Gasteiger partial charge in [-0.3, -0.25) is 0 Å². The molecular weight excluding hydrogens is 128 g/mol. The summed E-state index contributed by atoms with van der Waals surface area (Å²) in [6.45, 7) is 4.99. The van der Waals surface area contributed by atoms with Crippen LogP contribution in [0.1, 0.15) is 20.3 Å². The second-order valence-corrected chi connectivity index (χ2v) is 4.01. The summed E-state index contributed by atoms with van der Waals surface area (Å²) in [6.07, 6.45) is 1.26. The van der Waals surface area contributed by atoms with E-state index in [1.54, 1.807) is 0 Å². The van der Waals surface area contributed by atoms with Crippen LogP contribution in [0.5, 0.6) is 0 Å². The summed E-state index contributed by atoms with van der Waals surface area (Å²) in [5, 5.41) is 9.57. The summed E-state index contributed by atoms with van der Waals surface area (Å²) in [6, 6.07) is 0. The first kappa shape index (κ1) is 6.62. The topological polar surface area (TPSA) is 29.5 Å². The van der Waals surface area contributed by atoms with Gasteiger partial charge in [-0.1, -0.05) is 13.8 Å². The predicted octanol–water partition coefficient (Wildman–Crippen LogP) is 0.792. The highest BCUT2D eigenvalue weighted by Crippen LogP contribution is 2.51. The Balaban J connectivity index is 2.15. The van der Waals surface area contributed by atoms with Gasteiger partial charge in [-0.15, -0.1) is 0 Å². The summed E-state index contributed by atoms with van der Waals surface area (Å²) in [7, 11) is 0. The molecule has 0 aromatic carbocycles. The molecule has 1 aliphatic heterocycles. The monoisotopic (exact) mass is 142 g/mol. The normalized spacial score (nSPS) is 50.1. The molecule has 1 saturated carbocycles. The van der Waals surface area contributed by atoms with Crippen LogP contribution in [0.25, 0.3) is 0 Å². The summed E-state index contributed by atoms with van der Waals surface area (Å²) in [5.41, 5.74) is 0.0150. The lowest BCUT2D eigenvalue weighted by Crippen LogP contribution is -2.59. The molecule has 1 saturated heterocycles. The number of hydrogen-bond acceptors (Lipinski definition) is 2. The van der Waals surface area contributed by atoms with Crippen LogP contribution in [0.2, 0.25) is 0 Å². The minimum atomic E-state index is -0.125. The molecule has 0 bridgehead atoms. The standard InChI is InChI=1S/C8H14O2/c1-8(2)6(9)5-3-4-10-7(5)8/h5-7,9H,3-4H2,1-2H3. The van der Waals surface area contributed by atoms with Gasteiger partial charge in [-0.05, 0) is 6.42 Å².